The third-order valence-corrected chi connectivity index (χ3v) is 3.15. The van der Waals surface area contributed by atoms with Gasteiger partial charge in [0.05, 0.1) is 11.4 Å². The van der Waals surface area contributed by atoms with E-state index in [2.05, 4.69) is 10.3 Å². The summed E-state index contributed by atoms with van der Waals surface area (Å²) in [6, 6.07) is 13.1. The molecule has 3 aromatic rings. The lowest BCUT2D eigenvalue weighted by molar-refractivity contribution is 0.102. The highest BCUT2D eigenvalue weighted by molar-refractivity contribution is 6.12. The van der Waals surface area contributed by atoms with Gasteiger partial charge in [-0.1, -0.05) is 24.3 Å². The number of hydrogen-bond acceptors (Lipinski definition) is 3. The maximum Gasteiger partial charge on any atom is 0.274 e. The summed E-state index contributed by atoms with van der Waals surface area (Å²) in [5, 5.41) is 4.23. The van der Waals surface area contributed by atoms with Gasteiger partial charge in [0.1, 0.15) is 11.5 Å². The second-order valence-corrected chi connectivity index (χ2v) is 4.57. The summed E-state index contributed by atoms with van der Waals surface area (Å²) in [5.41, 5.74) is 6.53. The molecule has 104 valence electrons. The van der Waals surface area contributed by atoms with Crippen LogP contribution in [0.15, 0.2) is 54.7 Å². The fraction of sp³-hybridized carbons (Fsp3) is 0. The van der Waals surface area contributed by atoms with Crippen LogP contribution in [0.4, 0.5) is 15.8 Å². The molecule has 0 unspecified atom stereocenters. The smallest absolute Gasteiger partial charge is 0.274 e. The number of hydrogen-bond donors (Lipinski definition) is 2. The number of rotatable bonds is 2. The van der Waals surface area contributed by atoms with Crippen LogP contribution in [-0.4, -0.2) is 10.9 Å². The summed E-state index contributed by atoms with van der Waals surface area (Å²) in [4.78, 5) is 16.4. The minimum absolute atomic E-state index is 0.231. The summed E-state index contributed by atoms with van der Waals surface area (Å²) in [6.45, 7) is 0. The molecule has 1 amide bonds. The summed E-state index contributed by atoms with van der Waals surface area (Å²) >= 11 is 0. The van der Waals surface area contributed by atoms with Gasteiger partial charge in [0.25, 0.3) is 5.91 Å². The van der Waals surface area contributed by atoms with E-state index in [0.717, 1.165) is 10.8 Å². The Hall–Kier alpha value is -2.95. The van der Waals surface area contributed by atoms with Gasteiger partial charge in [-0.05, 0) is 29.7 Å². The zero-order valence-electron chi connectivity index (χ0n) is 11.0. The van der Waals surface area contributed by atoms with E-state index in [0.29, 0.717) is 5.69 Å². The Kier molecular flexibility index (Phi) is 3.23. The predicted octanol–water partition coefficient (Wildman–Crippen LogP) is 3.21. The summed E-state index contributed by atoms with van der Waals surface area (Å²) < 4.78 is 13.2. The molecule has 0 atom stereocenters. The number of carbonyl (C=O) groups excluding carboxylic acids is 1. The van der Waals surface area contributed by atoms with Crippen LogP contribution in [0.3, 0.4) is 0 Å². The van der Waals surface area contributed by atoms with Crippen LogP contribution in [0, 0.1) is 5.82 Å². The largest absolute Gasteiger partial charge is 0.397 e. The Morgan fingerprint density at radius 2 is 1.95 bits per heavy atom. The fourth-order valence-corrected chi connectivity index (χ4v) is 2.12. The quantitative estimate of drug-likeness (QED) is 0.709. The van der Waals surface area contributed by atoms with Crippen molar-refractivity contribution in [1.29, 1.82) is 0 Å². The highest BCUT2D eigenvalue weighted by atomic mass is 19.1. The van der Waals surface area contributed by atoms with Crippen LogP contribution in [0.25, 0.3) is 10.8 Å². The molecular weight excluding hydrogens is 269 g/mol. The van der Waals surface area contributed by atoms with Crippen LogP contribution in [0.1, 0.15) is 10.5 Å². The normalized spacial score (nSPS) is 10.5. The van der Waals surface area contributed by atoms with E-state index in [1.54, 1.807) is 6.20 Å². The second kappa shape index (κ2) is 5.20. The topological polar surface area (TPSA) is 68.0 Å². The molecule has 0 spiro atoms. The van der Waals surface area contributed by atoms with Crippen molar-refractivity contribution in [1.82, 2.24) is 4.98 Å². The fourth-order valence-electron chi connectivity index (χ4n) is 2.12. The third kappa shape index (κ3) is 2.53. The van der Waals surface area contributed by atoms with Gasteiger partial charge in [-0.2, -0.15) is 0 Å². The van der Waals surface area contributed by atoms with E-state index in [1.807, 2.05) is 30.3 Å². The van der Waals surface area contributed by atoms with E-state index in [4.69, 9.17) is 5.73 Å². The first-order valence-corrected chi connectivity index (χ1v) is 6.35. The lowest BCUT2D eigenvalue weighted by atomic mass is 10.1. The first-order chi connectivity index (χ1) is 10.1. The Labute approximate surface area is 120 Å². The molecular formula is C16H12FN3O. The molecule has 0 saturated carbocycles. The number of nitrogens with zero attached hydrogens (tertiary/aromatic N) is 1. The molecule has 0 saturated heterocycles. The number of halogens is 1. The molecule has 0 aliphatic rings. The van der Waals surface area contributed by atoms with Crippen molar-refractivity contribution in [2.75, 3.05) is 11.1 Å². The number of nitrogens with two attached hydrogens (primary N) is 1. The molecule has 1 heterocycles. The number of nitrogens with one attached hydrogen (secondary N) is 1. The predicted molar refractivity (Wildman–Crippen MR) is 80.5 cm³/mol. The number of aromatic nitrogens is 1. The molecule has 0 bridgehead atoms. The lowest BCUT2D eigenvalue weighted by Crippen LogP contribution is -2.15. The molecule has 3 rings (SSSR count). The van der Waals surface area contributed by atoms with Crippen molar-refractivity contribution in [3.05, 3.63) is 66.2 Å². The first kappa shape index (κ1) is 13.1. The van der Waals surface area contributed by atoms with Gasteiger partial charge < -0.3 is 11.1 Å². The van der Waals surface area contributed by atoms with Gasteiger partial charge >= 0.3 is 0 Å². The van der Waals surface area contributed by atoms with Gasteiger partial charge in [-0.15, -0.1) is 0 Å². The lowest BCUT2D eigenvalue weighted by Gasteiger charge is -2.09. The van der Waals surface area contributed by atoms with Gasteiger partial charge in [0.15, 0.2) is 0 Å². The number of anilines is 2. The van der Waals surface area contributed by atoms with Crippen molar-refractivity contribution < 1.29 is 9.18 Å². The van der Waals surface area contributed by atoms with Crippen LogP contribution in [0.5, 0.6) is 0 Å². The zero-order valence-corrected chi connectivity index (χ0v) is 11.0. The number of fused-ring (bicyclic) bond motifs is 1. The average Bonchev–Trinajstić information content (AvgIpc) is 2.50. The maximum absolute atomic E-state index is 13.2. The Morgan fingerprint density at radius 3 is 2.81 bits per heavy atom. The van der Waals surface area contributed by atoms with E-state index < -0.39 is 11.7 Å². The Bertz CT molecular complexity index is 827. The van der Waals surface area contributed by atoms with Crippen molar-refractivity contribution in [2.45, 2.75) is 0 Å². The minimum Gasteiger partial charge on any atom is -0.397 e. The number of amides is 1. The average molecular weight is 281 g/mol. The molecule has 0 aliphatic carbocycles. The van der Waals surface area contributed by atoms with Gasteiger partial charge in [0, 0.05) is 11.6 Å². The van der Waals surface area contributed by atoms with E-state index in [9.17, 15) is 9.18 Å². The van der Waals surface area contributed by atoms with Gasteiger partial charge in [0.2, 0.25) is 0 Å². The summed E-state index contributed by atoms with van der Waals surface area (Å²) in [7, 11) is 0. The summed E-state index contributed by atoms with van der Waals surface area (Å²) in [5.74, 6) is -0.894. The molecule has 0 fully saturated rings. The number of benzene rings is 2. The molecule has 0 aliphatic heterocycles. The van der Waals surface area contributed by atoms with E-state index in [1.165, 1.54) is 18.2 Å². The van der Waals surface area contributed by atoms with Crippen molar-refractivity contribution in [2.24, 2.45) is 0 Å². The van der Waals surface area contributed by atoms with Crippen molar-refractivity contribution in [3.63, 3.8) is 0 Å². The van der Waals surface area contributed by atoms with E-state index in [-0.39, 0.29) is 11.4 Å². The standard InChI is InChI=1S/C16H12FN3O/c17-11-5-6-13(18)14(9-11)20-16(21)15-12-4-2-1-3-10(12)7-8-19-15/h1-9H,18H2,(H,20,21). The minimum atomic E-state index is -0.467. The molecule has 21 heavy (non-hydrogen) atoms. The first-order valence-electron chi connectivity index (χ1n) is 6.35. The number of pyridine rings is 1. The van der Waals surface area contributed by atoms with Crippen LogP contribution in [0.2, 0.25) is 0 Å². The maximum atomic E-state index is 13.2. The molecule has 5 heteroatoms. The molecule has 4 nitrogen and oxygen atoms in total. The van der Waals surface area contributed by atoms with Crippen molar-refractivity contribution >= 4 is 28.1 Å². The molecule has 1 aromatic heterocycles. The number of carbonyl (C=O) groups is 1. The molecule has 0 radical (unpaired) electrons. The highest BCUT2D eigenvalue weighted by Crippen LogP contribution is 2.22. The van der Waals surface area contributed by atoms with Crippen LogP contribution in [-0.2, 0) is 0 Å². The Balaban J connectivity index is 1.99. The third-order valence-electron chi connectivity index (χ3n) is 3.15. The number of nitrogen functional groups attached to an aromatic ring is 1. The SMILES string of the molecule is Nc1ccc(F)cc1NC(=O)c1nccc2ccccc12. The Morgan fingerprint density at radius 1 is 1.14 bits per heavy atom. The molecule has 3 N–H and O–H groups in total. The van der Waals surface area contributed by atoms with Crippen molar-refractivity contribution in [3.8, 4) is 0 Å². The second-order valence-electron chi connectivity index (χ2n) is 4.57. The summed E-state index contributed by atoms with van der Waals surface area (Å²) in [6.07, 6.45) is 1.56. The van der Waals surface area contributed by atoms with Crippen LogP contribution < -0.4 is 11.1 Å². The van der Waals surface area contributed by atoms with Gasteiger partial charge in [-0.3, -0.25) is 9.78 Å². The highest BCUT2D eigenvalue weighted by Gasteiger charge is 2.13. The van der Waals surface area contributed by atoms with E-state index >= 15 is 0 Å². The van der Waals surface area contributed by atoms with Crippen LogP contribution >= 0.6 is 0 Å². The molecule has 2 aromatic carbocycles. The van der Waals surface area contributed by atoms with Gasteiger partial charge in [-0.25, -0.2) is 4.39 Å². The monoisotopic (exact) mass is 281 g/mol. The zero-order chi connectivity index (χ0) is 14.8.